The molecule has 20 heavy (non-hydrogen) atoms. The van der Waals surface area contributed by atoms with E-state index >= 15 is 0 Å². The van der Waals surface area contributed by atoms with Crippen molar-refractivity contribution in [2.24, 2.45) is 0 Å². The number of aromatic nitrogens is 3. The van der Waals surface area contributed by atoms with Crippen LogP contribution in [-0.2, 0) is 18.6 Å². The molecular weight excluding hydrogens is 252 g/mol. The number of benzene rings is 1. The minimum atomic E-state index is -0.741. The third kappa shape index (κ3) is 2.59. The van der Waals surface area contributed by atoms with Crippen LogP contribution in [0.5, 0.6) is 0 Å². The van der Waals surface area contributed by atoms with Gasteiger partial charge in [-0.05, 0) is 12.0 Å². The first-order chi connectivity index (χ1) is 9.69. The van der Waals surface area contributed by atoms with Crippen LogP contribution in [0.25, 0.3) is 0 Å². The summed E-state index contributed by atoms with van der Waals surface area (Å²) < 4.78 is 0. The van der Waals surface area contributed by atoms with Gasteiger partial charge in [0.15, 0.2) is 0 Å². The van der Waals surface area contributed by atoms with E-state index in [1.165, 1.54) is 0 Å². The average molecular weight is 272 g/mol. The molecule has 2 aromatic rings. The van der Waals surface area contributed by atoms with E-state index in [1.807, 2.05) is 37.3 Å². The topological polar surface area (TPSA) is 65.0 Å². The van der Waals surface area contributed by atoms with Crippen LogP contribution in [0.2, 0.25) is 0 Å². The third-order valence-electron chi connectivity index (χ3n) is 3.91. The highest BCUT2D eigenvalue weighted by Gasteiger charge is 2.37. The predicted molar refractivity (Wildman–Crippen MR) is 76.0 cm³/mol. The molecule has 1 fully saturated rings. The Kier molecular flexibility index (Phi) is 3.54. The number of nitrogens with zero attached hydrogens (tertiary/aromatic N) is 3. The number of likely N-dealkylation sites (tertiary alicyclic amines) is 1. The number of nitrogens with one attached hydrogen (secondary N) is 1. The molecule has 0 saturated carbocycles. The summed E-state index contributed by atoms with van der Waals surface area (Å²) in [5.74, 6) is 1.72. The standard InChI is InChI=1S/C15H20N4O/c1-2-13-16-14(18-17-13)10-19-9-8-15(20,11-19)12-6-4-3-5-7-12/h3-7,20H,2,8-11H2,1H3,(H,16,17,18). The molecule has 5 heteroatoms. The van der Waals surface area contributed by atoms with Crippen LogP contribution in [0.3, 0.4) is 0 Å². The molecule has 1 saturated heterocycles. The van der Waals surface area contributed by atoms with Crippen molar-refractivity contribution in [3.05, 3.63) is 47.5 Å². The summed E-state index contributed by atoms with van der Waals surface area (Å²) in [6, 6.07) is 9.90. The molecule has 0 amide bonds. The number of H-pyrrole nitrogens is 1. The highest BCUT2D eigenvalue weighted by molar-refractivity contribution is 5.24. The SMILES string of the molecule is CCc1n[nH]c(CN2CCC(O)(c3ccccc3)C2)n1. The lowest BCUT2D eigenvalue weighted by molar-refractivity contribution is 0.0450. The van der Waals surface area contributed by atoms with Crippen LogP contribution in [0, 0.1) is 0 Å². The summed E-state index contributed by atoms with van der Waals surface area (Å²) >= 11 is 0. The Morgan fingerprint density at radius 1 is 1.35 bits per heavy atom. The molecule has 2 heterocycles. The van der Waals surface area contributed by atoms with Crippen LogP contribution in [0.1, 0.15) is 30.6 Å². The second kappa shape index (κ2) is 5.34. The first-order valence-electron chi connectivity index (χ1n) is 7.10. The zero-order valence-electron chi connectivity index (χ0n) is 11.7. The monoisotopic (exact) mass is 272 g/mol. The highest BCUT2D eigenvalue weighted by atomic mass is 16.3. The van der Waals surface area contributed by atoms with Gasteiger partial charge in [0.05, 0.1) is 6.54 Å². The molecule has 0 radical (unpaired) electrons. The molecular formula is C15H20N4O. The minimum Gasteiger partial charge on any atom is -0.384 e. The molecule has 5 nitrogen and oxygen atoms in total. The number of aromatic amines is 1. The molecule has 106 valence electrons. The van der Waals surface area contributed by atoms with Crippen molar-refractivity contribution in [3.8, 4) is 0 Å². The van der Waals surface area contributed by atoms with Crippen LogP contribution in [0.4, 0.5) is 0 Å². The first kappa shape index (κ1) is 13.3. The Hall–Kier alpha value is -1.72. The van der Waals surface area contributed by atoms with Crippen molar-refractivity contribution >= 4 is 0 Å². The quantitative estimate of drug-likeness (QED) is 0.884. The van der Waals surface area contributed by atoms with Crippen LogP contribution in [0.15, 0.2) is 30.3 Å². The molecule has 2 N–H and O–H groups in total. The van der Waals surface area contributed by atoms with Gasteiger partial charge in [-0.15, -0.1) is 0 Å². The van der Waals surface area contributed by atoms with Crippen molar-refractivity contribution in [2.45, 2.75) is 31.9 Å². The lowest BCUT2D eigenvalue weighted by atomic mass is 9.93. The van der Waals surface area contributed by atoms with E-state index in [1.54, 1.807) is 0 Å². The third-order valence-corrected chi connectivity index (χ3v) is 3.91. The van der Waals surface area contributed by atoms with E-state index in [4.69, 9.17) is 0 Å². The average Bonchev–Trinajstić information content (AvgIpc) is 3.08. The van der Waals surface area contributed by atoms with Crippen LogP contribution in [-0.4, -0.2) is 38.3 Å². The highest BCUT2D eigenvalue weighted by Crippen LogP contribution is 2.32. The smallest absolute Gasteiger partial charge is 0.150 e. The first-order valence-corrected chi connectivity index (χ1v) is 7.10. The van der Waals surface area contributed by atoms with E-state index < -0.39 is 5.60 Å². The van der Waals surface area contributed by atoms with Crippen molar-refractivity contribution in [1.29, 1.82) is 0 Å². The summed E-state index contributed by atoms with van der Waals surface area (Å²) in [6.07, 6.45) is 1.59. The number of aliphatic hydroxyl groups is 1. The molecule has 0 spiro atoms. The van der Waals surface area contributed by atoms with Gasteiger partial charge in [-0.1, -0.05) is 37.3 Å². The van der Waals surface area contributed by atoms with E-state index in [-0.39, 0.29) is 0 Å². The zero-order chi connectivity index (χ0) is 14.0. The molecule has 1 aromatic heterocycles. The summed E-state index contributed by atoms with van der Waals surface area (Å²) in [5, 5.41) is 17.9. The lowest BCUT2D eigenvalue weighted by Gasteiger charge is -2.23. The lowest BCUT2D eigenvalue weighted by Crippen LogP contribution is -2.30. The maximum absolute atomic E-state index is 10.8. The van der Waals surface area contributed by atoms with Gasteiger partial charge in [0.25, 0.3) is 0 Å². The zero-order valence-corrected chi connectivity index (χ0v) is 11.7. The number of β-amino-alcohol motifs (C(OH)–C–C–N with tert-alkyl or cyclic N) is 1. The van der Waals surface area contributed by atoms with Crippen LogP contribution >= 0.6 is 0 Å². The molecule has 1 atom stereocenters. The largest absolute Gasteiger partial charge is 0.384 e. The minimum absolute atomic E-state index is 0.638. The van der Waals surface area contributed by atoms with Crippen molar-refractivity contribution in [3.63, 3.8) is 0 Å². The van der Waals surface area contributed by atoms with E-state index in [9.17, 15) is 5.11 Å². The van der Waals surface area contributed by atoms with Gasteiger partial charge in [0.1, 0.15) is 17.2 Å². The van der Waals surface area contributed by atoms with Gasteiger partial charge in [-0.3, -0.25) is 10.00 Å². The number of hydrogen-bond acceptors (Lipinski definition) is 4. The van der Waals surface area contributed by atoms with Gasteiger partial charge < -0.3 is 5.11 Å². The Morgan fingerprint density at radius 3 is 2.85 bits per heavy atom. The Bertz CT molecular complexity index is 568. The fourth-order valence-electron chi connectivity index (χ4n) is 2.77. The summed E-state index contributed by atoms with van der Waals surface area (Å²) in [4.78, 5) is 6.64. The molecule has 1 unspecified atom stereocenters. The van der Waals surface area contributed by atoms with Gasteiger partial charge in [0.2, 0.25) is 0 Å². The fourth-order valence-corrected chi connectivity index (χ4v) is 2.77. The second-order valence-electron chi connectivity index (χ2n) is 5.41. The molecule has 1 aromatic carbocycles. The van der Waals surface area contributed by atoms with Crippen molar-refractivity contribution in [2.75, 3.05) is 13.1 Å². The summed E-state index contributed by atoms with van der Waals surface area (Å²) in [6.45, 7) is 4.26. The predicted octanol–water partition coefficient (Wildman–Crippen LogP) is 1.46. The molecule has 0 aliphatic carbocycles. The maximum Gasteiger partial charge on any atom is 0.150 e. The molecule has 0 bridgehead atoms. The number of rotatable bonds is 4. The van der Waals surface area contributed by atoms with E-state index in [0.29, 0.717) is 13.1 Å². The Balaban J connectivity index is 1.67. The van der Waals surface area contributed by atoms with Crippen LogP contribution < -0.4 is 0 Å². The van der Waals surface area contributed by atoms with Gasteiger partial charge in [-0.2, -0.15) is 5.10 Å². The molecule has 1 aliphatic rings. The maximum atomic E-state index is 10.8. The fraction of sp³-hybridized carbons (Fsp3) is 0.467. The van der Waals surface area contributed by atoms with Gasteiger partial charge in [0, 0.05) is 19.5 Å². The number of hydrogen-bond donors (Lipinski definition) is 2. The second-order valence-corrected chi connectivity index (χ2v) is 5.41. The summed E-state index contributed by atoms with van der Waals surface area (Å²) in [5.41, 5.74) is 0.254. The van der Waals surface area contributed by atoms with Gasteiger partial charge in [-0.25, -0.2) is 4.98 Å². The Morgan fingerprint density at radius 2 is 2.15 bits per heavy atom. The Labute approximate surface area is 118 Å². The molecule has 1 aliphatic heterocycles. The normalized spacial score (nSPS) is 23.3. The number of aryl methyl sites for hydroxylation is 1. The van der Waals surface area contributed by atoms with E-state index in [0.717, 1.165) is 36.6 Å². The van der Waals surface area contributed by atoms with E-state index in [2.05, 4.69) is 20.1 Å². The summed E-state index contributed by atoms with van der Waals surface area (Å²) in [7, 11) is 0. The van der Waals surface area contributed by atoms with Crippen molar-refractivity contribution in [1.82, 2.24) is 20.1 Å². The van der Waals surface area contributed by atoms with Gasteiger partial charge >= 0.3 is 0 Å². The molecule has 3 rings (SSSR count). The van der Waals surface area contributed by atoms with Crippen molar-refractivity contribution < 1.29 is 5.11 Å².